The summed E-state index contributed by atoms with van der Waals surface area (Å²) in [6.07, 6.45) is 2.36. The maximum atomic E-state index is 6.67. The highest BCUT2D eigenvalue weighted by Crippen LogP contribution is 2.49. The second kappa shape index (κ2) is 12.9. The number of rotatable bonds is 5. The molecule has 0 bridgehead atoms. The molecule has 280 valence electrons. The summed E-state index contributed by atoms with van der Waals surface area (Å²) in [7, 11) is 0. The van der Waals surface area contributed by atoms with Gasteiger partial charge >= 0.3 is 0 Å². The van der Waals surface area contributed by atoms with Crippen molar-refractivity contribution in [3.8, 4) is 22.3 Å². The van der Waals surface area contributed by atoms with E-state index in [4.69, 9.17) is 4.42 Å². The van der Waals surface area contributed by atoms with E-state index in [1.54, 1.807) is 0 Å². The quantitative estimate of drug-likeness (QED) is 0.163. The highest BCUT2D eigenvalue weighted by molar-refractivity contribution is 6.14. The average molecular weight is 748 g/mol. The summed E-state index contributed by atoms with van der Waals surface area (Å²) in [5, 5.41) is 9.79. The zero-order valence-corrected chi connectivity index (χ0v) is 33.5. The topological polar surface area (TPSA) is 16.4 Å². The first-order chi connectivity index (χ1) is 28.2. The molecule has 10 aromatic rings. The van der Waals surface area contributed by atoms with Crippen molar-refractivity contribution in [1.29, 1.82) is 0 Å². The van der Waals surface area contributed by atoms with Gasteiger partial charge in [-0.3, -0.25) is 0 Å². The minimum Gasteiger partial charge on any atom is -0.456 e. The van der Waals surface area contributed by atoms with Crippen molar-refractivity contribution in [2.24, 2.45) is 0 Å². The van der Waals surface area contributed by atoms with Crippen LogP contribution in [0.5, 0.6) is 0 Å². The molecular weight excluding hydrogens is 703 g/mol. The Morgan fingerprint density at radius 1 is 0.397 bits per heavy atom. The van der Waals surface area contributed by atoms with Crippen molar-refractivity contribution in [3.63, 3.8) is 0 Å². The first-order valence-electron chi connectivity index (χ1n) is 20.6. The Bertz CT molecular complexity index is 3220. The van der Waals surface area contributed by atoms with Crippen LogP contribution in [0, 0.1) is 0 Å². The molecule has 0 spiro atoms. The van der Waals surface area contributed by atoms with E-state index < -0.39 is 0 Å². The molecule has 0 N–H and O–H groups in total. The van der Waals surface area contributed by atoms with E-state index in [-0.39, 0.29) is 10.8 Å². The third-order valence-corrected chi connectivity index (χ3v) is 13.1. The Morgan fingerprint density at radius 3 is 1.79 bits per heavy atom. The maximum Gasteiger partial charge on any atom is 0.136 e. The number of nitrogens with zero attached hydrogens (tertiary/aromatic N) is 1. The van der Waals surface area contributed by atoms with Gasteiger partial charge in [-0.25, -0.2) is 0 Å². The van der Waals surface area contributed by atoms with Gasteiger partial charge in [0, 0.05) is 27.8 Å². The lowest BCUT2D eigenvalue weighted by atomic mass is 9.63. The average Bonchev–Trinajstić information content (AvgIpc) is 3.63. The number of furan rings is 1. The van der Waals surface area contributed by atoms with Crippen LogP contribution in [0.3, 0.4) is 0 Å². The summed E-state index contributed by atoms with van der Waals surface area (Å²) >= 11 is 0. The van der Waals surface area contributed by atoms with Gasteiger partial charge in [0.05, 0.1) is 0 Å². The SMILES string of the molecule is CC1(C)CCC(C)(C)c2cc3c(cc21)oc1cccc(-c2ccc4ccc(N(c5ccc(-c6ccccc6)cc5)c5ccc6ccc7ccccc7c6c5)cc4c2)c13. The van der Waals surface area contributed by atoms with Crippen molar-refractivity contribution in [1.82, 2.24) is 0 Å². The van der Waals surface area contributed by atoms with Gasteiger partial charge in [-0.2, -0.15) is 0 Å². The van der Waals surface area contributed by atoms with E-state index in [0.717, 1.165) is 28.2 Å². The summed E-state index contributed by atoms with van der Waals surface area (Å²) in [4.78, 5) is 2.40. The van der Waals surface area contributed by atoms with Crippen LogP contribution in [0.4, 0.5) is 17.1 Å². The van der Waals surface area contributed by atoms with Crippen LogP contribution in [0.1, 0.15) is 51.7 Å². The molecule has 0 radical (unpaired) electrons. The Balaban J connectivity index is 1.07. The second-order valence-corrected chi connectivity index (χ2v) is 17.6. The smallest absolute Gasteiger partial charge is 0.136 e. The highest BCUT2D eigenvalue weighted by atomic mass is 16.3. The van der Waals surface area contributed by atoms with Crippen LogP contribution in [0.2, 0.25) is 0 Å². The molecule has 1 aliphatic rings. The minimum atomic E-state index is 0.114. The Hall–Kier alpha value is -6.64. The molecule has 0 saturated carbocycles. The summed E-state index contributed by atoms with van der Waals surface area (Å²) in [5.41, 5.74) is 13.2. The Kier molecular flexibility index (Phi) is 7.72. The molecule has 0 unspecified atom stereocenters. The molecule has 1 heterocycles. The summed E-state index contributed by atoms with van der Waals surface area (Å²) < 4.78 is 6.67. The van der Waals surface area contributed by atoms with Crippen LogP contribution in [-0.4, -0.2) is 0 Å². The van der Waals surface area contributed by atoms with Crippen molar-refractivity contribution in [2.75, 3.05) is 4.90 Å². The van der Waals surface area contributed by atoms with Crippen molar-refractivity contribution in [2.45, 2.75) is 51.4 Å². The van der Waals surface area contributed by atoms with Gasteiger partial charge < -0.3 is 9.32 Å². The van der Waals surface area contributed by atoms with E-state index in [1.807, 2.05) is 0 Å². The van der Waals surface area contributed by atoms with Gasteiger partial charge in [-0.05, 0) is 150 Å². The van der Waals surface area contributed by atoms with Crippen LogP contribution in [0.15, 0.2) is 180 Å². The van der Waals surface area contributed by atoms with Gasteiger partial charge in [0.15, 0.2) is 0 Å². The zero-order chi connectivity index (χ0) is 39.2. The van der Waals surface area contributed by atoms with E-state index in [9.17, 15) is 0 Å². The lowest BCUT2D eigenvalue weighted by Crippen LogP contribution is -2.33. The van der Waals surface area contributed by atoms with Crippen LogP contribution >= 0.6 is 0 Å². The number of benzene rings is 9. The molecule has 2 nitrogen and oxygen atoms in total. The molecule has 0 fully saturated rings. The molecule has 0 saturated heterocycles. The monoisotopic (exact) mass is 747 g/mol. The van der Waals surface area contributed by atoms with Crippen molar-refractivity contribution in [3.05, 3.63) is 187 Å². The molecule has 1 aromatic heterocycles. The number of fused-ring (bicyclic) bond motifs is 8. The van der Waals surface area contributed by atoms with Gasteiger partial charge in [0.2, 0.25) is 0 Å². The predicted octanol–water partition coefficient (Wildman–Crippen LogP) is 16.2. The summed E-state index contributed by atoms with van der Waals surface area (Å²) in [6, 6.07) is 64.7. The molecule has 0 atom stereocenters. The van der Waals surface area contributed by atoms with Gasteiger partial charge in [0.25, 0.3) is 0 Å². The number of hydrogen-bond acceptors (Lipinski definition) is 2. The fourth-order valence-electron chi connectivity index (χ4n) is 9.68. The molecule has 9 aromatic carbocycles. The normalized spacial score (nSPS) is 14.7. The highest BCUT2D eigenvalue weighted by Gasteiger charge is 2.38. The van der Waals surface area contributed by atoms with E-state index in [1.165, 1.54) is 89.3 Å². The standard InChI is InChI=1S/C56H45NO/c1-55(2)29-30-56(3,4)51-35-53-49(34-50(51)55)54-47(15-10-16-52(54)58-53)41-20-17-38-23-27-44(32-42(38)31-41)57(43-25-21-37(22-26-43)36-11-6-5-7-12-36)45-28-24-40-19-18-39-13-8-9-14-46(39)48(40)33-45/h5-28,31-35H,29-30H2,1-4H3. The minimum absolute atomic E-state index is 0.114. The first-order valence-corrected chi connectivity index (χ1v) is 20.6. The molecule has 0 aliphatic heterocycles. The van der Waals surface area contributed by atoms with E-state index in [2.05, 4.69) is 209 Å². The molecule has 0 amide bonds. The summed E-state index contributed by atoms with van der Waals surface area (Å²) in [6.45, 7) is 9.57. The van der Waals surface area contributed by atoms with Crippen LogP contribution in [0.25, 0.3) is 76.5 Å². The zero-order valence-electron chi connectivity index (χ0n) is 33.5. The maximum absolute atomic E-state index is 6.67. The number of hydrogen-bond donors (Lipinski definition) is 0. The summed E-state index contributed by atoms with van der Waals surface area (Å²) in [5.74, 6) is 0. The fourth-order valence-corrected chi connectivity index (χ4v) is 9.68. The third-order valence-electron chi connectivity index (χ3n) is 13.1. The molecular formula is C56H45NO. The Labute approximate surface area is 340 Å². The lowest BCUT2D eigenvalue weighted by molar-refractivity contribution is 0.332. The second-order valence-electron chi connectivity index (χ2n) is 17.6. The van der Waals surface area contributed by atoms with E-state index in [0.29, 0.717) is 0 Å². The first kappa shape index (κ1) is 34.6. The number of anilines is 3. The van der Waals surface area contributed by atoms with E-state index >= 15 is 0 Å². The molecule has 11 rings (SSSR count). The molecule has 1 aliphatic carbocycles. The van der Waals surface area contributed by atoms with Crippen LogP contribution in [-0.2, 0) is 10.8 Å². The Morgan fingerprint density at radius 2 is 1.00 bits per heavy atom. The van der Waals surface area contributed by atoms with Gasteiger partial charge in [-0.1, -0.05) is 143 Å². The van der Waals surface area contributed by atoms with Crippen molar-refractivity contribution >= 4 is 71.3 Å². The molecule has 2 heteroatoms. The van der Waals surface area contributed by atoms with Crippen molar-refractivity contribution < 1.29 is 4.42 Å². The molecule has 58 heavy (non-hydrogen) atoms. The third kappa shape index (κ3) is 5.62. The lowest BCUT2D eigenvalue weighted by Gasteiger charge is -2.41. The van der Waals surface area contributed by atoms with Gasteiger partial charge in [-0.15, -0.1) is 0 Å². The van der Waals surface area contributed by atoms with Crippen LogP contribution < -0.4 is 4.90 Å². The fraction of sp³-hybridized carbons (Fsp3) is 0.143. The van der Waals surface area contributed by atoms with Gasteiger partial charge in [0.1, 0.15) is 11.2 Å². The predicted molar refractivity (Wildman–Crippen MR) is 247 cm³/mol. The largest absolute Gasteiger partial charge is 0.456 e.